The number of likely N-dealkylation sites (tertiary alicyclic amines) is 1. The van der Waals surface area contributed by atoms with E-state index >= 15 is 0 Å². The van der Waals surface area contributed by atoms with Crippen LogP contribution in [0.1, 0.15) is 49.7 Å². The minimum atomic E-state index is -0.165. The molecule has 4 rings (SSSR count). The summed E-state index contributed by atoms with van der Waals surface area (Å²) >= 11 is 0. The molecule has 1 unspecified atom stereocenters. The van der Waals surface area contributed by atoms with Gasteiger partial charge in [-0.1, -0.05) is 18.9 Å². The van der Waals surface area contributed by atoms with Gasteiger partial charge in [-0.3, -0.25) is 4.79 Å². The molecule has 0 aromatic heterocycles. The first-order valence-electron chi connectivity index (χ1n) is 11.0. The molecule has 2 N–H and O–H groups in total. The second-order valence-corrected chi connectivity index (χ2v) is 9.13. The maximum Gasteiger partial charge on any atom is 0.321 e. The van der Waals surface area contributed by atoms with Gasteiger partial charge in [-0.25, -0.2) is 4.79 Å². The fraction of sp³-hybridized carbons (Fsp3) is 0.652. The van der Waals surface area contributed by atoms with Gasteiger partial charge in [0.2, 0.25) is 5.91 Å². The first kappa shape index (κ1) is 20.2. The third-order valence-electron chi connectivity index (χ3n) is 7.20. The second-order valence-electron chi connectivity index (χ2n) is 9.13. The van der Waals surface area contributed by atoms with Crippen LogP contribution in [0.25, 0.3) is 0 Å². The number of aryl methyl sites for hydroxylation is 2. The average molecular weight is 400 g/mol. The standard InChI is InChI=1S/C23H33N3O3/c1-16-7-8-19(13-17(16)2)25-22(28)26-14-20(21(27)24-18-5-3-4-6-18)23(15-26)9-11-29-12-10-23/h7-8,13,18,20H,3-6,9-12,14-15H2,1-2H3,(H,24,27)(H,25,28). The van der Waals surface area contributed by atoms with Crippen molar-refractivity contribution in [2.75, 3.05) is 31.6 Å². The van der Waals surface area contributed by atoms with E-state index < -0.39 is 0 Å². The summed E-state index contributed by atoms with van der Waals surface area (Å²) in [5.41, 5.74) is 2.99. The number of anilines is 1. The Morgan fingerprint density at radius 3 is 2.52 bits per heavy atom. The monoisotopic (exact) mass is 399 g/mol. The fourth-order valence-corrected chi connectivity index (χ4v) is 5.16. The zero-order chi connectivity index (χ0) is 20.4. The molecule has 3 fully saturated rings. The van der Waals surface area contributed by atoms with E-state index in [4.69, 9.17) is 4.74 Å². The van der Waals surface area contributed by atoms with Gasteiger partial charge in [0, 0.05) is 43.4 Å². The lowest BCUT2D eigenvalue weighted by atomic mass is 9.71. The Balaban J connectivity index is 1.47. The lowest BCUT2D eigenvalue weighted by molar-refractivity contribution is -0.130. The molecule has 2 saturated heterocycles. The highest BCUT2D eigenvalue weighted by Crippen LogP contribution is 2.44. The fourth-order valence-electron chi connectivity index (χ4n) is 5.16. The van der Waals surface area contributed by atoms with Gasteiger partial charge in [-0.2, -0.15) is 0 Å². The molecule has 1 saturated carbocycles. The first-order valence-corrected chi connectivity index (χ1v) is 11.0. The Labute approximate surface area is 173 Å². The number of amides is 3. The Hall–Kier alpha value is -2.08. The smallest absolute Gasteiger partial charge is 0.321 e. The summed E-state index contributed by atoms with van der Waals surface area (Å²) in [5, 5.41) is 6.31. The third kappa shape index (κ3) is 4.27. The number of hydrogen-bond donors (Lipinski definition) is 2. The van der Waals surface area contributed by atoms with E-state index in [9.17, 15) is 9.59 Å². The van der Waals surface area contributed by atoms with Gasteiger partial charge in [0.15, 0.2) is 0 Å². The van der Waals surface area contributed by atoms with Crippen molar-refractivity contribution in [3.63, 3.8) is 0 Å². The van der Waals surface area contributed by atoms with Crippen LogP contribution in [0.3, 0.4) is 0 Å². The van der Waals surface area contributed by atoms with E-state index in [1.54, 1.807) is 0 Å². The maximum atomic E-state index is 13.2. The minimum absolute atomic E-state index is 0.115. The number of ether oxygens (including phenoxy) is 1. The zero-order valence-corrected chi connectivity index (χ0v) is 17.6. The zero-order valence-electron chi connectivity index (χ0n) is 17.6. The van der Waals surface area contributed by atoms with Crippen LogP contribution in [-0.4, -0.2) is 49.2 Å². The Morgan fingerprint density at radius 2 is 1.83 bits per heavy atom. The molecule has 1 aromatic carbocycles. The quantitative estimate of drug-likeness (QED) is 0.815. The molecule has 3 amide bonds. The van der Waals surface area contributed by atoms with Gasteiger partial charge in [-0.15, -0.1) is 0 Å². The van der Waals surface area contributed by atoms with E-state index in [-0.39, 0.29) is 23.3 Å². The molecule has 2 heterocycles. The summed E-state index contributed by atoms with van der Waals surface area (Å²) in [6, 6.07) is 6.14. The Morgan fingerprint density at radius 1 is 1.10 bits per heavy atom. The van der Waals surface area contributed by atoms with Gasteiger partial charge in [-0.05, 0) is 62.8 Å². The van der Waals surface area contributed by atoms with Gasteiger partial charge in [0.05, 0.1) is 5.92 Å². The number of hydrogen-bond acceptors (Lipinski definition) is 3. The Bertz CT molecular complexity index is 767. The highest BCUT2D eigenvalue weighted by atomic mass is 16.5. The van der Waals surface area contributed by atoms with E-state index in [0.717, 1.165) is 36.9 Å². The SMILES string of the molecule is Cc1ccc(NC(=O)N2CC(C(=O)NC3CCCC3)C3(CCOCC3)C2)cc1C. The van der Waals surface area contributed by atoms with Gasteiger partial charge >= 0.3 is 6.03 Å². The van der Waals surface area contributed by atoms with Crippen LogP contribution in [-0.2, 0) is 9.53 Å². The van der Waals surface area contributed by atoms with Crippen molar-refractivity contribution in [1.82, 2.24) is 10.2 Å². The summed E-state index contributed by atoms with van der Waals surface area (Å²) in [6.45, 7) is 6.54. The molecule has 1 aliphatic carbocycles. The summed E-state index contributed by atoms with van der Waals surface area (Å²) < 4.78 is 5.58. The number of urea groups is 1. The number of carbonyl (C=O) groups is 2. The minimum Gasteiger partial charge on any atom is -0.381 e. The van der Waals surface area contributed by atoms with Crippen LogP contribution in [0.15, 0.2) is 18.2 Å². The maximum absolute atomic E-state index is 13.2. The van der Waals surface area contributed by atoms with Gasteiger partial charge in [0.25, 0.3) is 0 Å². The summed E-state index contributed by atoms with van der Waals surface area (Å²) in [5.74, 6) is -0.0298. The Kier molecular flexibility index (Phi) is 5.81. The first-order chi connectivity index (χ1) is 14.0. The molecule has 158 valence electrons. The highest BCUT2D eigenvalue weighted by Gasteiger charge is 2.52. The molecule has 29 heavy (non-hydrogen) atoms. The van der Waals surface area contributed by atoms with Gasteiger partial charge in [0.1, 0.15) is 0 Å². The topological polar surface area (TPSA) is 70.7 Å². The van der Waals surface area contributed by atoms with Crippen molar-refractivity contribution in [3.05, 3.63) is 29.3 Å². The molecule has 6 heteroatoms. The number of carbonyl (C=O) groups excluding carboxylic acids is 2. The van der Waals surface area contributed by atoms with Crippen LogP contribution in [0.5, 0.6) is 0 Å². The van der Waals surface area contributed by atoms with E-state index in [1.165, 1.54) is 18.4 Å². The lowest BCUT2D eigenvalue weighted by Gasteiger charge is -2.37. The predicted octanol–water partition coefficient (Wildman–Crippen LogP) is 3.62. The molecule has 1 aromatic rings. The van der Waals surface area contributed by atoms with Crippen LogP contribution in [0.4, 0.5) is 10.5 Å². The summed E-state index contributed by atoms with van der Waals surface area (Å²) in [4.78, 5) is 28.0. The number of nitrogens with zero attached hydrogens (tertiary/aromatic N) is 1. The molecule has 1 spiro atoms. The van der Waals surface area contributed by atoms with Crippen molar-refractivity contribution in [2.45, 2.75) is 58.4 Å². The van der Waals surface area contributed by atoms with Crippen molar-refractivity contribution in [3.8, 4) is 0 Å². The molecule has 1 atom stereocenters. The second kappa shape index (κ2) is 8.34. The third-order valence-corrected chi connectivity index (χ3v) is 7.20. The molecule has 6 nitrogen and oxygen atoms in total. The predicted molar refractivity (Wildman–Crippen MR) is 113 cm³/mol. The molecular formula is C23H33N3O3. The van der Waals surface area contributed by atoms with Crippen molar-refractivity contribution >= 4 is 17.6 Å². The van der Waals surface area contributed by atoms with Crippen molar-refractivity contribution in [1.29, 1.82) is 0 Å². The van der Waals surface area contributed by atoms with Gasteiger partial charge < -0.3 is 20.3 Å². The number of benzene rings is 1. The van der Waals surface area contributed by atoms with Crippen LogP contribution in [0.2, 0.25) is 0 Å². The largest absolute Gasteiger partial charge is 0.381 e. The number of nitrogens with one attached hydrogen (secondary N) is 2. The van der Waals surface area contributed by atoms with Crippen LogP contribution in [0, 0.1) is 25.2 Å². The van der Waals surface area contributed by atoms with E-state index in [1.807, 2.05) is 30.0 Å². The van der Waals surface area contributed by atoms with E-state index in [2.05, 4.69) is 17.6 Å². The molecule has 0 radical (unpaired) electrons. The summed E-state index contributed by atoms with van der Waals surface area (Å²) in [7, 11) is 0. The van der Waals surface area contributed by atoms with Crippen LogP contribution >= 0.6 is 0 Å². The molecule has 3 aliphatic rings. The molecular weight excluding hydrogens is 366 g/mol. The van der Waals surface area contributed by atoms with E-state index in [0.29, 0.717) is 32.3 Å². The van der Waals surface area contributed by atoms with Crippen molar-refractivity contribution < 1.29 is 14.3 Å². The summed E-state index contributed by atoms with van der Waals surface area (Å²) in [6.07, 6.45) is 6.21. The molecule has 0 bridgehead atoms. The average Bonchev–Trinajstić information content (AvgIpc) is 3.33. The normalized spacial score (nSPS) is 24.1. The highest BCUT2D eigenvalue weighted by molar-refractivity contribution is 5.91. The lowest BCUT2D eigenvalue weighted by Crippen LogP contribution is -2.46. The molecule has 2 aliphatic heterocycles. The number of rotatable bonds is 3. The van der Waals surface area contributed by atoms with Crippen LogP contribution < -0.4 is 10.6 Å². The van der Waals surface area contributed by atoms with Crippen molar-refractivity contribution in [2.24, 2.45) is 11.3 Å².